The molecule has 23 heavy (non-hydrogen) atoms. The summed E-state index contributed by atoms with van der Waals surface area (Å²) in [6.45, 7) is 19.1. The molecule has 0 aliphatic carbocycles. The van der Waals surface area contributed by atoms with Gasteiger partial charge in [0.15, 0.2) is 0 Å². The number of rotatable bonds is 13. The van der Waals surface area contributed by atoms with Crippen LogP contribution in [0.1, 0.15) is 42.0 Å². The molecule has 0 atom stereocenters. The predicted octanol–water partition coefficient (Wildman–Crippen LogP) is 2.22. The van der Waals surface area contributed by atoms with Crippen molar-refractivity contribution in [3.63, 3.8) is 0 Å². The molecule has 1 heterocycles. The number of hydrogen-bond acceptors (Lipinski definition) is 5. The zero-order valence-corrected chi connectivity index (χ0v) is 16.0. The van der Waals surface area contributed by atoms with E-state index in [4.69, 9.17) is 9.47 Å². The van der Waals surface area contributed by atoms with Crippen molar-refractivity contribution in [3.05, 3.63) is 0 Å². The van der Waals surface area contributed by atoms with E-state index in [0.717, 1.165) is 64.9 Å². The third kappa shape index (κ3) is 13.9. The Labute approximate surface area is 146 Å². The lowest BCUT2D eigenvalue weighted by Gasteiger charge is -2.26. The zero-order valence-electron chi connectivity index (χ0n) is 16.0. The van der Waals surface area contributed by atoms with Gasteiger partial charge in [-0.05, 0) is 12.5 Å². The fourth-order valence-electron chi connectivity index (χ4n) is 2.48. The van der Waals surface area contributed by atoms with Gasteiger partial charge in [0.25, 0.3) is 0 Å². The van der Waals surface area contributed by atoms with Gasteiger partial charge in [0.05, 0.1) is 26.4 Å². The van der Waals surface area contributed by atoms with E-state index in [1.807, 2.05) is 13.8 Å². The molecule has 0 radical (unpaired) electrons. The maximum Gasteiger partial charge on any atom is 0.0701 e. The molecule has 1 saturated heterocycles. The predicted molar refractivity (Wildman–Crippen MR) is 101 cm³/mol. The molecule has 1 aliphatic heterocycles. The van der Waals surface area contributed by atoms with Crippen LogP contribution in [-0.4, -0.2) is 77.1 Å². The van der Waals surface area contributed by atoms with Gasteiger partial charge in [-0.1, -0.05) is 40.5 Å². The van der Waals surface area contributed by atoms with Gasteiger partial charge in [-0.2, -0.15) is 0 Å². The monoisotopic (exact) mass is 333 g/mol. The fourth-order valence-corrected chi connectivity index (χ4v) is 2.48. The molecule has 5 nitrogen and oxygen atoms in total. The first-order chi connectivity index (χ1) is 11.4. The molecule has 0 unspecified atom stereocenters. The highest BCUT2D eigenvalue weighted by Crippen LogP contribution is 2.04. The third-order valence-corrected chi connectivity index (χ3v) is 4.14. The van der Waals surface area contributed by atoms with Crippen molar-refractivity contribution in [2.24, 2.45) is 5.92 Å². The van der Waals surface area contributed by atoms with Crippen LogP contribution >= 0.6 is 0 Å². The van der Waals surface area contributed by atoms with Gasteiger partial charge in [-0.3, -0.25) is 4.90 Å². The van der Waals surface area contributed by atoms with E-state index >= 15 is 0 Å². The average Bonchev–Trinajstić information content (AvgIpc) is 2.62. The van der Waals surface area contributed by atoms with Gasteiger partial charge in [0.1, 0.15) is 0 Å². The number of ether oxygens (including phenoxy) is 2. The first-order valence-electron chi connectivity index (χ1n) is 9.66. The second-order valence-corrected chi connectivity index (χ2v) is 5.70. The molecule has 0 aromatic carbocycles. The molecule has 0 bridgehead atoms. The maximum absolute atomic E-state index is 5.61. The summed E-state index contributed by atoms with van der Waals surface area (Å²) in [6.07, 6.45) is 2.51. The molecule has 1 aliphatic rings. The van der Waals surface area contributed by atoms with E-state index < -0.39 is 0 Å². The van der Waals surface area contributed by atoms with Crippen molar-refractivity contribution < 1.29 is 10.9 Å². The normalized spacial score (nSPS) is 15.5. The highest BCUT2D eigenvalue weighted by atomic mass is 16.5. The molecule has 0 saturated carbocycles. The summed E-state index contributed by atoms with van der Waals surface area (Å²) in [5, 5.41) is 6.81. The topological polar surface area (TPSA) is 45.8 Å². The van der Waals surface area contributed by atoms with E-state index in [1.165, 1.54) is 12.8 Å². The van der Waals surface area contributed by atoms with Gasteiger partial charge < -0.3 is 20.1 Å². The van der Waals surface area contributed by atoms with Gasteiger partial charge in [-0.15, -0.1) is 0 Å². The quantitative estimate of drug-likeness (QED) is 0.506. The number of piperazine rings is 1. The molecule has 0 amide bonds. The zero-order chi connectivity index (χ0) is 17.2. The lowest BCUT2D eigenvalue weighted by Crippen LogP contribution is -2.44. The minimum Gasteiger partial charge on any atom is -0.378 e. The van der Waals surface area contributed by atoms with E-state index in [-0.39, 0.29) is 1.43 Å². The van der Waals surface area contributed by atoms with Crippen LogP contribution in [-0.2, 0) is 9.47 Å². The standard InChI is InChI=1S/C16H35N3O2.C2H6.H2/c1-3-16(4-2)15-18-7-11-20-13-14-21-12-10-19-8-5-17-6-9-19;1-2;/h16-18H,3-15H2,1-2H3;1-2H3;1H. The summed E-state index contributed by atoms with van der Waals surface area (Å²) in [4.78, 5) is 2.44. The van der Waals surface area contributed by atoms with E-state index in [0.29, 0.717) is 13.2 Å². The van der Waals surface area contributed by atoms with Crippen molar-refractivity contribution >= 4 is 0 Å². The van der Waals surface area contributed by atoms with Crippen molar-refractivity contribution in [1.29, 1.82) is 0 Å². The second kappa shape index (κ2) is 18.1. The largest absolute Gasteiger partial charge is 0.378 e. The SMILES string of the molecule is CC.CCC(CC)CNCCOCCOCCN1CCNCC1.[HH]. The third-order valence-electron chi connectivity index (χ3n) is 4.14. The summed E-state index contributed by atoms with van der Waals surface area (Å²) in [5.41, 5.74) is 0. The van der Waals surface area contributed by atoms with Crippen LogP contribution in [0, 0.1) is 5.92 Å². The first-order valence-corrected chi connectivity index (χ1v) is 9.66. The van der Waals surface area contributed by atoms with Gasteiger partial charge in [-0.25, -0.2) is 0 Å². The Balaban J connectivity index is 0. The molecule has 2 N–H and O–H groups in total. The molecular weight excluding hydrogens is 290 g/mol. The van der Waals surface area contributed by atoms with Crippen LogP contribution in [0.15, 0.2) is 0 Å². The highest BCUT2D eigenvalue weighted by Gasteiger charge is 2.08. The van der Waals surface area contributed by atoms with Gasteiger partial charge in [0.2, 0.25) is 0 Å². The Morgan fingerprint density at radius 3 is 2.22 bits per heavy atom. The van der Waals surface area contributed by atoms with E-state index in [9.17, 15) is 0 Å². The summed E-state index contributed by atoms with van der Waals surface area (Å²) < 4.78 is 11.2. The van der Waals surface area contributed by atoms with Crippen LogP contribution in [0.25, 0.3) is 0 Å². The highest BCUT2D eigenvalue weighted by molar-refractivity contribution is 4.66. The average molecular weight is 334 g/mol. The lowest BCUT2D eigenvalue weighted by molar-refractivity contribution is 0.0382. The molecular formula is C18H43N3O2. The van der Waals surface area contributed by atoms with Crippen LogP contribution in [0.4, 0.5) is 0 Å². The van der Waals surface area contributed by atoms with E-state index in [1.54, 1.807) is 0 Å². The minimum atomic E-state index is 0. The molecule has 0 spiro atoms. The van der Waals surface area contributed by atoms with Crippen molar-refractivity contribution in [3.8, 4) is 0 Å². The smallest absolute Gasteiger partial charge is 0.0701 e. The van der Waals surface area contributed by atoms with Crippen LogP contribution in [0.5, 0.6) is 0 Å². The van der Waals surface area contributed by atoms with Crippen molar-refractivity contribution in [1.82, 2.24) is 15.5 Å². The van der Waals surface area contributed by atoms with Crippen molar-refractivity contribution in [2.75, 3.05) is 72.2 Å². The summed E-state index contributed by atoms with van der Waals surface area (Å²) in [6, 6.07) is 0. The Kier molecular flexibility index (Phi) is 18.0. The summed E-state index contributed by atoms with van der Waals surface area (Å²) >= 11 is 0. The van der Waals surface area contributed by atoms with Crippen LogP contribution < -0.4 is 10.6 Å². The molecule has 0 aromatic rings. The Hall–Kier alpha value is -0.200. The Morgan fingerprint density at radius 2 is 1.61 bits per heavy atom. The molecule has 5 heteroatoms. The Morgan fingerprint density at radius 1 is 1.00 bits per heavy atom. The Bertz CT molecular complexity index is 226. The molecule has 1 rings (SSSR count). The maximum atomic E-state index is 5.61. The van der Waals surface area contributed by atoms with Crippen molar-refractivity contribution in [2.45, 2.75) is 40.5 Å². The fraction of sp³-hybridized carbons (Fsp3) is 1.00. The van der Waals surface area contributed by atoms with E-state index in [2.05, 4.69) is 29.4 Å². The molecule has 0 aromatic heterocycles. The molecule has 1 fully saturated rings. The summed E-state index contributed by atoms with van der Waals surface area (Å²) in [5.74, 6) is 0.804. The first kappa shape index (κ1) is 22.8. The van der Waals surface area contributed by atoms with Gasteiger partial charge in [0, 0.05) is 40.7 Å². The minimum absolute atomic E-state index is 0. The van der Waals surface area contributed by atoms with Gasteiger partial charge >= 0.3 is 0 Å². The molecule has 142 valence electrons. The summed E-state index contributed by atoms with van der Waals surface area (Å²) in [7, 11) is 0. The van der Waals surface area contributed by atoms with Crippen LogP contribution in [0.2, 0.25) is 0 Å². The van der Waals surface area contributed by atoms with Crippen LogP contribution in [0.3, 0.4) is 0 Å². The second-order valence-electron chi connectivity index (χ2n) is 5.70. The lowest BCUT2D eigenvalue weighted by atomic mass is 10.0. The number of hydrogen-bond donors (Lipinski definition) is 2. The number of nitrogens with zero attached hydrogens (tertiary/aromatic N) is 1. The number of nitrogens with one attached hydrogen (secondary N) is 2.